The molecule has 1 N–H and O–H groups in total. The van der Waals surface area contributed by atoms with Crippen molar-refractivity contribution in [1.29, 1.82) is 0 Å². The average Bonchev–Trinajstić information content (AvgIpc) is 2.74. The normalized spacial score (nSPS) is 12.6. The lowest BCUT2D eigenvalue weighted by molar-refractivity contribution is 0.547. The molecule has 1 aromatic carbocycles. The lowest BCUT2D eigenvalue weighted by Gasteiger charge is -2.14. The molecule has 0 saturated carbocycles. The predicted octanol–water partition coefficient (Wildman–Crippen LogP) is 4.09. The van der Waals surface area contributed by atoms with Crippen LogP contribution in [0.5, 0.6) is 0 Å². The smallest absolute Gasteiger partial charge is 0.0210 e. The molecular weight excluding hydrogens is 238 g/mol. The van der Waals surface area contributed by atoms with Gasteiger partial charge in [-0.15, -0.1) is 11.3 Å². The summed E-state index contributed by atoms with van der Waals surface area (Å²) in [6, 6.07) is 13.5. The zero-order valence-corrected chi connectivity index (χ0v) is 12.2. The van der Waals surface area contributed by atoms with E-state index in [1.165, 1.54) is 20.9 Å². The number of hydrogen-bond donors (Lipinski definition) is 1. The molecule has 0 amide bonds. The molecule has 0 fully saturated rings. The van der Waals surface area contributed by atoms with Gasteiger partial charge in [0.1, 0.15) is 0 Å². The molecule has 1 unspecified atom stereocenters. The quantitative estimate of drug-likeness (QED) is 0.853. The predicted molar refractivity (Wildman–Crippen MR) is 80.2 cm³/mol. The first-order valence-corrected chi connectivity index (χ1v) is 7.30. The van der Waals surface area contributed by atoms with Crippen LogP contribution in [-0.2, 0) is 13.0 Å². The zero-order valence-electron chi connectivity index (χ0n) is 11.4. The molecule has 0 aliphatic carbocycles. The third kappa shape index (κ3) is 3.69. The zero-order chi connectivity index (χ0) is 13.0. The Hall–Kier alpha value is -1.12. The maximum Gasteiger partial charge on any atom is 0.0210 e. The van der Waals surface area contributed by atoms with Crippen molar-refractivity contribution in [3.8, 4) is 0 Å². The van der Waals surface area contributed by atoms with Gasteiger partial charge < -0.3 is 5.32 Å². The van der Waals surface area contributed by atoms with Crippen LogP contribution >= 0.6 is 11.3 Å². The van der Waals surface area contributed by atoms with Crippen LogP contribution in [0.1, 0.15) is 27.8 Å². The molecule has 2 rings (SSSR count). The fraction of sp³-hybridized carbons (Fsp3) is 0.375. The fourth-order valence-corrected chi connectivity index (χ4v) is 3.08. The van der Waals surface area contributed by atoms with Crippen molar-refractivity contribution < 1.29 is 0 Å². The number of aryl methyl sites for hydroxylation is 2. The third-order valence-electron chi connectivity index (χ3n) is 3.21. The van der Waals surface area contributed by atoms with Gasteiger partial charge in [-0.05, 0) is 50.5 Å². The summed E-state index contributed by atoms with van der Waals surface area (Å²) in [6.07, 6.45) is 1.12. The minimum absolute atomic E-state index is 0.516. The van der Waals surface area contributed by atoms with Crippen molar-refractivity contribution in [1.82, 2.24) is 5.32 Å². The van der Waals surface area contributed by atoms with Gasteiger partial charge in [0.25, 0.3) is 0 Å². The van der Waals surface area contributed by atoms with E-state index in [0.29, 0.717) is 6.04 Å². The number of benzene rings is 1. The first-order chi connectivity index (χ1) is 8.65. The van der Waals surface area contributed by atoms with E-state index in [1.54, 1.807) is 0 Å². The van der Waals surface area contributed by atoms with E-state index in [4.69, 9.17) is 0 Å². The van der Waals surface area contributed by atoms with Crippen LogP contribution in [-0.4, -0.2) is 6.04 Å². The standard InChI is InChI=1S/C16H21NS/c1-12-6-4-5-7-15(12)11-17-13(2)10-16-9-8-14(3)18-16/h4-9,13,17H,10-11H2,1-3H3. The van der Waals surface area contributed by atoms with E-state index in [9.17, 15) is 0 Å². The van der Waals surface area contributed by atoms with Crippen molar-refractivity contribution >= 4 is 11.3 Å². The highest BCUT2D eigenvalue weighted by atomic mass is 32.1. The van der Waals surface area contributed by atoms with Crippen molar-refractivity contribution in [2.75, 3.05) is 0 Å². The lowest BCUT2D eigenvalue weighted by Crippen LogP contribution is -2.27. The lowest BCUT2D eigenvalue weighted by atomic mass is 10.1. The van der Waals surface area contributed by atoms with Crippen molar-refractivity contribution in [2.45, 2.75) is 39.8 Å². The number of rotatable bonds is 5. The third-order valence-corrected chi connectivity index (χ3v) is 4.23. The highest BCUT2D eigenvalue weighted by Gasteiger charge is 2.05. The summed E-state index contributed by atoms with van der Waals surface area (Å²) >= 11 is 1.90. The molecule has 2 aromatic rings. The van der Waals surface area contributed by atoms with Crippen LogP contribution < -0.4 is 5.32 Å². The molecule has 0 aliphatic heterocycles. The highest BCUT2D eigenvalue weighted by molar-refractivity contribution is 7.11. The number of nitrogens with one attached hydrogen (secondary N) is 1. The topological polar surface area (TPSA) is 12.0 Å². The summed E-state index contributed by atoms with van der Waals surface area (Å²) in [4.78, 5) is 2.87. The SMILES string of the molecule is Cc1ccc(CC(C)NCc2ccccc2C)s1. The van der Waals surface area contributed by atoms with Gasteiger partial charge in [0.15, 0.2) is 0 Å². The minimum atomic E-state index is 0.516. The molecular formula is C16H21NS. The Morgan fingerprint density at radius 2 is 1.89 bits per heavy atom. The second kappa shape index (κ2) is 6.17. The van der Waals surface area contributed by atoms with E-state index in [-0.39, 0.29) is 0 Å². The van der Waals surface area contributed by atoms with E-state index in [0.717, 1.165) is 13.0 Å². The summed E-state index contributed by atoms with van der Waals surface area (Å²) < 4.78 is 0. The maximum atomic E-state index is 3.60. The Morgan fingerprint density at radius 3 is 2.56 bits per heavy atom. The summed E-state index contributed by atoms with van der Waals surface area (Å²) in [5.41, 5.74) is 2.76. The van der Waals surface area contributed by atoms with Gasteiger partial charge in [-0.25, -0.2) is 0 Å². The van der Waals surface area contributed by atoms with Gasteiger partial charge >= 0.3 is 0 Å². The first kappa shape index (κ1) is 13.3. The van der Waals surface area contributed by atoms with Gasteiger partial charge in [0.05, 0.1) is 0 Å². The average molecular weight is 259 g/mol. The van der Waals surface area contributed by atoms with Gasteiger partial charge in [-0.1, -0.05) is 24.3 Å². The molecule has 0 radical (unpaired) electrons. The second-order valence-corrected chi connectivity index (χ2v) is 6.30. The summed E-state index contributed by atoms with van der Waals surface area (Å²) in [7, 11) is 0. The van der Waals surface area contributed by atoms with Gasteiger partial charge in [-0.2, -0.15) is 0 Å². The Kier molecular flexibility index (Phi) is 4.56. The first-order valence-electron chi connectivity index (χ1n) is 6.48. The number of hydrogen-bond acceptors (Lipinski definition) is 2. The van der Waals surface area contributed by atoms with E-state index >= 15 is 0 Å². The van der Waals surface area contributed by atoms with Crippen LogP contribution in [0.4, 0.5) is 0 Å². The Morgan fingerprint density at radius 1 is 1.11 bits per heavy atom. The molecule has 96 valence electrons. The largest absolute Gasteiger partial charge is 0.310 e. The fourth-order valence-electron chi connectivity index (χ4n) is 2.06. The van der Waals surface area contributed by atoms with Gasteiger partial charge in [0, 0.05) is 22.3 Å². The summed E-state index contributed by atoms with van der Waals surface area (Å²) in [6.45, 7) is 7.55. The van der Waals surface area contributed by atoms with Crippen LogP contribution in [0.25, 0.3) is 0 Å². The monoisotopic (exact) mass is 259 g/mol. The van der Waals surface area contributed by atoms with E-state index < -0.39 is 0 Å². The Bertz CT molecular complexity index is 501. The molecule has 1 nitrogen and oxygen atoms in total. The minimum Gasteiger partial charge on any atom is -0.310 e. The molecule has 18 heavy (non-hydrogen) atoms. The molecule has 0 aliphatic rings. The van der Waals surface area contributed by atoms with E-state index in [1.807, 2.05) is 11.3 Å². The molecule has 2 heteroatoms. The molecule has 1 aromatic heterocycles. The van der Waals surface area contributed by atoms with Crippen molar-refractivity contribution in [2.24, 2.45) is 0 Å². The van der Waals surface area contributed by atoms with E-state index in [2.05, 4.69) is 62.5 Å². The van der Waals surface area contributed by atoms with Crippen LogP contribution in [0.3, 0.4) is 0 Å². The Balaban J connectivity index is 1.85. The number of thiophene rings is 1. The highest BCUT2D eigenvalue weighted by Crippen LogP contribution is 2.17. The molecule has 1 atom stereocenters. The molecule has 0 bridgehead atoms. The molecule has 1 heterocycles. The van der Waals surface area contributed by atoms with Crippen molar-refractivity contribution in [3.05, 3.63) is 57.3 Å². The van der Waals surface area contributed by atoms with Gasteiger partial charge in [0.2, 0.25) is 0 Å². The Labute approximate surface area is 114 Å². The summed E-state index contributed by atoms with van der Waals surface area (Å²) in [5, 5.41) is 3.60. The second-order valence-electron chi connectivity index (χ2n) is 4.92. The van der Waals surface area contributed by atoms with Crippen LogP contribution in [0, 0.1) is 13.8 Å². The van der Waals surface area contributed by atoms with Crippen LogP contribution in [0.2, 0.25) is 0 Å². The maximum absolute atomic E-state index is 3.60. The van der Waals surface area contributed by atoms with Crippen LogP contribution in [0.15, 0.2) is 36.4 Å². The molecule has 0 saturated heterocycles. The summed E-state index contributed by atoms with van der Waals surface area (Å²) in [5.74, 6) is 0. The van der Waals surface area contributed by atoms with Gasteiger partial charge in [-0.3, -0.25) is 0 Å². The van der Waals surface area contributed by atoms with Crippen molar-refractivity contribution in [3.63, 3.8) is 0 Å². The molecule has 0 spiro atoms.